The van der Waals surface area contributed by atoms with Gasteiger partial charge in [-0.1, -0.05) is 140 Å². The fourth-order valence-electron chi connectivity index (χ4n) is 11.7. The van der Waals surface area contributed by atoms with Gasteiger partial charge >= 0.3 is 0 Å². The average Bonchev–Trinajstić information content (AvgIpc) is 4.05. The molecule has 4 heterocycles. The van der Waals surface area contributed by atoms with Gasteiger partial charge in [0, 0.05) is 57.3 Å². The van der Waals surface area contributed by atoms with E-state index in [0.29, 0.717) is 0 Å². The number of nitrogens with zero attached hydrogens (tertiary/aromatic N) is 4. The fourth-order valence-corrected chi connectivity index (χ4v) is 11.7. The summed E-state index contributed by atoms with van der Waals surface area (Å²) in [6, 6.07) is 83.2. The second kappa shape index (κ2) is 13.9. The van der Waals surface area contributed by atoms with Gasteiger partial charge in [-0.15, -0.1) is 0 Å². The number of aromatic nitrogens is 2. The molecule has 2 aromatic heterocycles. The van der Waals surface area contributed by atoms with Crippen LogP contribution in [-0.2, 0) is 0 Å². The first kappa shape index (κ1) is 36.5. The molecular formula is C62H39BN4. The highest BCUT2D eigenvalue weighted by Crippen LogP contribution is 2.45. The Hall–Kier alpha value is -8.80. The van der Waals surface area contributed by atoms with Crippen LogP contribution in [0.1, 0.15) is 0 Å². The van der Waals surface area contributed by atoms with Crippen molar-refractivity contribution in [1.29, 1.82) is 0 Å². The zero-order valence-electron chi connectivity index (χ0n) is 36.4. The smallest absolute Gasteiger partial charge is 0.252 e. The molecule has 5 heteroatoms. The molecule has 0 N–H and O–H groups in total. The maximum atomic E-state index is 2.46. The molecule has 0 saturated heterocycles. The molecule has 0 amide bonds. The molecule has 11 aromatic carbocycles. The molecule has 2 aliphatic rings. The molecule has 0 unspecified atom stereocenters. The molecule has 0 atom stereocenters. The molecular weight excluding hydrogens is 812 g/mol. The van der Waals surface area contributed by atoms with E-state index in [9.17, 15) is 0 Å². The number of anilines is 6. The van der Waals surface area contributed by atoms with Crippen LogP contribution in [0.25, 0.3) is 76.3 Å². The zero-order valence-corrected chi connectivity index (χ0v) is 36.4. The van der Waals surface area contributed by atoms with Crippen molar-refractivity contribution in [3.05, 3.63) is 237 Å². The summed E-state index contributed by atoms with van der Waals surface area (Å²) >= 11 is 0. The first-order valence-electron chi connectivity index (χ1n) is 23.2. The third-order valence-corrected chi connectivity index (χ3v) is 14.6. The normalized spacial score (nSPS) is 12.4. The lowest BCUT2D eigenvalue weighted by molar-refractivity contribution is 1.09. The molecule has 0 radical (unpaired) electrons. The average molecular weight is 851 g/mol. The summed E-state index contributed by atoms with van der Waals surface area (Å²) in [4.78, 5) is 4.92. The largest absolute Gasteiger partial charge is 0.317 e. The first-order chi connectivity index (χ1) is 33.2. The predicted molar refractivity (Wildman–Crippen MR) is 284 cm³/mol. The van der Waals surface area contributed by atoms with Crippen LogP contribution in [0.15, 0.2) is 237 Å². The van der Waals surface area contributed by atoms with Crippen LogP contribution >= 0.6 is 0 Å². The summed E-state index contributed by atoms with van der Waals surface area (Å²) < 4.78 is 4.90. The number of benzene rings is 11. The Bertz CT molecular complexity index is 3790. The van der Waals surface area contributed by atoms with Crippen LogP contribution in [-0.4, -0.2) is 15.8 Å². The Balaban J connectivity index is 0.943. The van der Waals surface area contributed by atoms with Gasteiger partial charge in [-0.25, -0.2) is 0 Å². The number of rotatable bonds is 6. The molecule has 4 nitrogen and oxygen atoms in total. The zero-order chi connectivity index (χ0) is 43.7. The van der Waals surface area contributed by atoms with Gasteiger partial charge in [0.25, 0.3) is 6.71 Å². The molecule has 0 saturated carbocycles. The van der Waals surface area contributed by atoms with E-state index in [4.69, 9.17) is 0 Å². The third-order valence-electron chi connectivity index (χ3n) is 14.6. The van der Waals surface area contributed by atoms with Crippen molar-refractivity contribution in [3.8, 4) is 11.4 Å². The maximum Gasteiger partial charge on any atom is 0.252 e. The van der Waals surface area contributed by atoms with Crippen molar-refractivity contribution in [3.63, 3.8) is 0 Å². The van der Waals surface area contributed by atoms with E-state index in [1.54, 1.807) is 0 Å². The van der Waals surface area contributed by atoms with E-state index in [2.05, 4.69) is 256 Å². The van der Waals surface area contributed by atoms with Crippen LogP contribution in [0.3, 0.4) is 0 Å². The highest BCUT2D eigenvalue weighted by molar-refractivity contribution is 7.00. The molecule has 67 heavy (non-hydrogen) atoms. The van der Waals surface area contributed by atoms with Crippen molar-refractivity contribution in [1.82, 2.24) is 9.13 Å². The van der Waals surface area contributed by atoms with Gasteiger partial charge in [0.15, 0.2) is 0 Å². The minimum atomic E-state index is 0.0358. The van der Waals surface area contributed by atoms with Gasteiger partial charge in [0.2, 0.25) is 0 Å². The Kier molecular flexibility index (Phi) is 7.55. The van der Waals surface area contributed by atoms with E-state index in [1.807, 2.05) is 0 Å². The van der Waals surface area contributed by atoms with Crippen LogP contribution in [0.2, 0.25) is 0 Å². The van der Waals surface area contributed by atoms with Gasteiger partial charge in [-0.05, 0) is 144 Å². The van der Waals surface area contributed by atoms with Crippen molar-refractivity contribution in [2.45, 2.75) is 0 Å². The highest BCUT2D eigenvalue weighted by Gasteiger charge is 2.40. The van der Waals surface area contributed by atoms with Crippen LogP contribution in [0, 0.1) is 0 Å². The van der Waals surface area contributed by atoms with Crippen molar-refractivity contribution in [2.75, 3.05) is 9.80 Å². The van der Waals surface area contributed by atoms with Gasteiger partial charge in [0.1, 0.15) is 0 Å². The lowest BCUT2D eigenvalue weighted by atomic mass is 9.34. The SMILES string of the molecule is c1cc2c3c(c1)-n1ccc4c(N(c5ccc6ccccc6c5)c5ccc6ccccc6c5)ccc(c41)B3c1ccc(N(c3ccc4ccccc4c3)c3ccc4ccccc4c3)c3ccn-2c13. The molecule has 0 aliphatic carbocycles. The number of hydrogen-bond donors (Lipinski definition) is 0. The molecule has 0 spiro atoms. The monoisotopic (exact) mass is 850 g/mol. The molecule has 310 valence electrons. The van der Waals surface area contributed by atoms with Crippen LogP contribution in [0.4, 0.5) is 34.1 Å². The van der Waals surface area contributed by atoms with E-state index in [-0.39, 0.29) is 6.71 Å². The maximum absolute atomic E-state index is 2.46. The van der Waals surface area contributed by atoms with Gasteiger partial charge in [0.05, 0.1) is 22.4 Å². The summed E-state index contributed by atoms with van der Waals surface area (Å²) in [5.74, 6) is 0. The topological polar surface area (TPSA) is 16.3 Å². The van der Waals surface area contributed by atoms with Crippen molar-refractivity contribution >= 4 is 122 Å². The number of hydrogen-bond acceptors (Lipinski definition) is 2. The van der Waals surface area contributed by atoms with Crippen LogP contribution in [0.5, 0.6) is 0 Å². The summed E-state index contributed by atoms with van der Waals surface area (Å²) in [6.45, 7) is 0.0358. The Morgan fingerprint density at radius 1 is 0.299 bits per heavy atom. The van der Waals surface area contributed by atoms with E-state index >= 15 is 0 Å². The highest BCUT2D eigenvalue weighted by atomic mass is 15.2. The molecule has 15 rings (SSSR count). The minimum absolute atomic E-state index is 0.0358. The van der Waals surface area contributed by atoms with E-state index < -0.39 is 0 Å². The minimum Gasteiger partial charge on any atom is -0.317 e. The molecule has 2 aliphatic heterocycles. The molecule has 0 fully saturated rings. The Labute approximate surface area is 387 Å². The molecule has 13 aromatic rings. The summed E-state index contributed by atoms with van der Waals surface area (Å²) in [7, 11) is 0. The third kappa shape index (κ3) is 5.31. The second-order valence-electron chi connectivity index (χ2n) is 18.2. The number of fused-ring (bicyclic) bond motifs is 8. The standard InChI is InChI=1S/C62H39BN4/c1-5-14-44-36-48(24-20-40(44)10-1)66(49-25-21-41-11-2-6-15-45(41)37-49)56-30-28-54-61-52(56)32-34-64(61)58-18-9-19-59-60(58)63(54)55-29-31-57(53-33-35-65(59)62(53)55)67(50-26-22-42-12-3-7-16-46(42)38-50)51-27-23-43-13-4-8-17-47(43)39-51/h1-39H. The fraction of sp³-hybridized carbons (Fsp3) is 0. The summed E-state index contributed by atoms with van der Waals surface area (Å²) in [5, 5.41) is 12.3. The molecule has 0 bridgehead atoms. The van der Waals surface area contributed by atoms with Crippen molar-refractivity contribution < 1.29 is 0 Å². The van der Waals surface area contributed by atoms with Crippen molar-refractivity contribution in [2.24, 2.45) is 0 Å². The predicted octanol–water partition coefficient (Wildman–Crippen LogP) is 14.3. The summed E-state index contributed by atoms with van der Waals surface area (Å²) in [5.41, 5.74) is 15.8. The lowest BCUT2D eigenvalue weighted by Gasteiger charge is -2.35. The van der Waals surface area contributed by atoms with Crippen LogP contribution < -0.4 is 26.2 Å². The summed E-state index contributed by atoms with van der Waals surface area (Å²) in [6.07, 6.45) is 4.58. The van der Waals surface area contributed by atoms with E-state index in [0.717, 1.165) is 34.1 Å². The Morgan fingerprint density at radius 3 is 1.00 bits per heavy atom. The van der Waals surface area contributed by atoms with Gasteiger partial charge in [-0.2, -0.15) is 0 Å². The quantitative estimate of drug-likeness (QED) is 0.155. The lowest BCUT2D eigenvalue weighted by Crippen LogP contribution is -2.59. The van der Waals surface area contributed by atoms with Gasteiger partial charge < -0.3 is 18.9 Å². The van der Waals surface area contributed by atoms with E-state index in [1.165, 1.54) is 92.7 Å². The first-order valence-corrected chi connectivity index (χ1v) is 23.2. The Morgan fingerprint density at radius 2 is 0.642 bits per heavy atom. The second-order valence-corrected chi connectivity index (χ2v) is 18.2. The van der Waals surface area contributed by atoms with Gasteiger partial charge in [-0.3, -0.25) is 0 Å².